The molecule has 0 heterocycles. The lowest BCUT2D eigenvalue weighted by Crippen LogP contribution is -2.13. The number of unbranched alkanes of at least 4 members (excludes halogenated alkanes) is 1. The van der Waals surface area contributed by atoms with E-state index in [-0.39, 0.29) is 63.4 Å². The first-order valence-corrected chi connectivity index (χ1v) is 10.5. The summed E-state index contributed by atoms with van der Waals surface area (Å²) in [5.74, 6) is -1.37. The van der Waals surface area contributed by atoms with Crippen LogP contribution in [0.25, 0.3) is 0 Å². The van der Waals surface area contributed by atoms with Crippen LogP contribution in [0, 0.1) is 10.1 Å². The highest BCUT2D eigenvalue weighted by Crippen LogP contribution is 2.44. The Morgan fingerprint density at radius 3 is 2.24 bits per heavy atom. The van der Waals surface area contributed by atoms with Crippen LogP contribution in [0.4, 0.5) is 5.69 Å². The topological polar surface area (TPSA) is 138 Å². The number of carbonyl (C=O) groups is 1. The summed E-state index contributed by atoms with van der Waals surface area (Å²) >= 11 is 6.16. The van der Waals surface area contributed by atoms with Gasteiger partial charge in [0.1, 0.15) is 17.1 Å². The van der Waals surface area contributed by atoms with Crippen molar-refractivity contribution in [3.63, 3.8) is 0 Å². The normalized spacial score (nSPS) is 10.6. The van der Waals surface area contributed by atoms with E-state index in [1.54, 1.807) is 0 Å². The molecule has 2 N–H and O–H groups in total. The molecule has 0 aliphatic carbocycles. The monoisotopic (exact) mass is 483 g/mol. The highest BCUT2D eigenvalue weighted by Gasteiger charge is 2.28. The van der Waals surface area contributed by atoms with Crippen molar-refractivity contribution in [3.8, 4) is 28.7 Å². The molecule has 0 saturated heterocycles. The summed E-state index contributed by atoms with van der Waals surface area (Å²) in [4.78, 5) is 23.6. The number of esters is 1. The van der Waals surface area contributed by atoms with Gasteiger partial charge in [0.05, 0.1) is 49.5 Å². The molecule has 2 aromatic rings. The lowest BCUT2D eigenvalue weighted by Gasteiger charge is -2.17. The molecule has 180 valence electrons. The van der Waals surface area contributed by atoms with Gasteiger partial charge in [-0.1, -0.05) is 24.9 Å². The number of hydrogen-bond acceptors (Lipinski definition) is 9. The molecule has 0 saturated carbocycles. The molecule has 33 heavy (non-hydrogen) atoms. The van der Waals surface area contributed by atoms with Gasteiger partial charge in [0.15, 0.2) is 11.5 Å². The summed E-state index contributed by atoms with van der Waals surface area (Å²) in [7, 11) is 3.99. The van der Waals surface area contributed by atoms with E-state index in [2.05, 4.69) is 0 Å². The lowest BCUT2D eigenvalue weighted by atomic mass is 10.00. The van der Waals surface area contributed by atoms with Crippen molar-refractivity contribution >= 4 is 23.3 Å². The third-order valence-corrected chi connectivity index (χ3v) is 5.41. The van der Waals surface area contributed by atoms with Gasteiger partial charge in [-0.05, 0) is 18.4 Å². The number of nitro benzene ring substituents is 1. The van der Waals surface area contributed by atoms with Crippen molar-refractivity contribution in [2.45, 2.75) is 32.6 Å². The first-order valence-electron chi connectivity index (χ1n) is 10.1. The van der Waals surface area contributed by atoms with E-state index in [1.807, 2.05) is 6.92 Å². The molecule has 0 spiro atoms. The fourth-order valence-corrected chi connectivity index (χ4v) is 3.69. The largest absolute Gasteiger partial charge is 0.507 e. The Morgan fingerprint density at radius 1 is 1.03 bits per heavy atom. The molecule has 0 fully saturated rings. The molecule has 2 rings (SSSR count). The molecule has 10 nitrogen and oxygen atoms in total. The van der Waals surface area contributed by atoms with Gasteiger partial charge in [0.25, 0.3) is 0 Å². The van der Waals surface area contributed by atoms with Crippen LogP contribution in [0.5, 0.6) is 28.7 Å². The molecule has 0 amide bonds. The van der Waals surface area contributed by atoms with Crippen LogP contribution in [0.15, 0.2) is 12.1 Å². The van der Waals surface area contributed by atoms with Crippen LogP contribution in [0.2, 0.25) is 5.02 Å². The van der Waals surface area contributed by atoms with E-state index in [0.717, 1.165) is 12.5 Å². The SMILES string of the molecule is CCCCc1c(Cl)c(O)cc(O)c1C(=O)OCCc1c(OC)c(OC)cc([N+](=O)[O-])c1OC. The van der Waals surface area contributed by atoms with Crippen molar-refractivity contribution in [2.24, 2.45) is 0 Å². The van der Waals surface area contributed by atoms with Crippen LogP contribution in [-0.4, -0.2) is 49.0 Å². The minimum Gasteiger partial charge on any atom is -0.507 e. The smallest absolute Gasteiger partial charge is 0.342 e. The molecule has 0 aliphatic rings. The average molecular weight is 484 g/mol. The van der Waals surface area contributed by atoms with Crippen molar-refractivity contribution in [3.05, 3.63) is 44.0 Å². The molecule has 0 unspecified atom stereocenters. The maximum atomic E-state index is 12.8. The number of ether oxygens (including phenoxy) is 4. The number of phenolic OH excluding ortho intramolecular Hbond substituents is 2. The second-order valence-corrected chi connectivity index (χ2v) is 7.35. The first kappa shape index (κ1) is 25.9. The minimum absolute atomic E-state index is 0.00695. The number of aromatic hydroxyl groups is 2. The number of methoxy groups -OCH3 is 3. The van der Waals surface area contributed by atoms with Crippen LogP contribution < -0.4 is 14.2 Å². The third kappa shape index (κ3) is 5.51. The van der Waals surface area contributed by atoms with E-state index in [0.29, 0.717) is 12.8 Å². The zero-order valence-electron chi connectivity index (χ0n) is 18.8. The Labute approximate surface area is 195 Å². The van der Waals surface area contributed by atoms with Gasteiger partial charge < -0.3 is 29.2 Å². The van der Waals surface area contributed by atoms with E-state index in [1.165, 1.54) is 27.4 Å². The second kappa shape index (κ2) is 11.5. The number of phenols is 2. The molecule has 0 radical (unpaired) electrons. The van der Waals surface area contributed by atoms with Gasteiger partial charge >= 0.3 is 11.7 Å². The highest BCUT2D eigenvalue weighted by atomic mass is 35.5. The van der Waals surface area contributed by atoms with Gasteiger partial charge in [0, 0.05) is 12.5 Å². The van der Waals surface area contributed by atoms with E-state index in [4.69, 9.17) is 30.5 Å². The quantitative estimate of drug-likeness (QED) is 0.270. The first-order chi connectivity index (χ1) is 15.7. The highest BCUT2D eigenvalue weighted by molar-refractivity contribution is 6.33. The maximum absolute atomic E-state index is 12.8. The number of rotatable bonds is 11. The Bertz CT molecular complexity index is 1040. The van der Waals surface area contributed by atoms with Crippen LogP contribution in [-0.2, 0) is 17.6 Å². The summed E-state index contributed by atoms with van der Waals surface area (Å²) in [5, 5.41) is 31.6. The van der Waals surface area contributed by atoms with Gasteiger partial charge in [-0.15, -0.1) is 0 Å². The zero-order chi connectivity index (χ0) is 24.7. The summed E-state index contributed by atoms with van der Waals surface area (Å²) in [5.41, 5.74) is 0.0919. The predicted molar refractivity (Wildman–Crippen MR) is 120 cm³/mol. The predicted octanol–water partition coefficient (Wildman–Crippen LogP) is 4.43. The van der Waals surface area contributed by atoms with Gasteiger partial charge in [-0.25, -0.2) is 4.79 Å². The van der Waals surface area contributed by atoms with Gasteiger partial charge in [0.2, 0.25) is 5.75 Å². The second-order valence-electron chi connectivity index (χ2n) is 6.97. The molecule has 0 atom stereocenters. The Hall–Kier alpha value is -3.40. The number of nitrogens with zero attached hydrogens (tertiary/aromatic N) is 1. The number of carbonyl (C=O) groups excluding carboxylic acids is 1. The lowest BCUT2D eigenvalue weighted by molar-refractivity contribution is -0.385. The maximum Gasteiger partial charge on any atom is 0.342 e. The number of hydrogen-bond donors (Lipinski definition) is 2. The fraction of sp³-hybridized carbons (Fsp3) is 0.409. The molecule has 2 aromatic carbocycles. The Balaban J connectivity index is 2.36. The summed E-state index contributed by atoms with van der Waals surface area (Å²) in [6.45, 7) is 1.73. The number of nitro groups is 1. The third-order valence-electron chi connectivity index (χ3n) is 4.99. The number of benzene rings is 2. The van der Waals surface area contributed by atoms with Crippen LogP contribution in [0.3, 0.4) is 0 Å². The van der Waals surface area contributed by atoms with Gasteiger partial charge in [-0.2, -0.15) is 0 Å². The molecule has 11 heteroatoms. The van der Waals surface area contributed by atoms with E-state index >= 15 is 0 Å². The molecule has 0 bridgehead atoms. The summed E-state index contributed by atoms with van der Waals surface area (Å²) in [6.07, 6.45) is 1.82. The Kier molecular flexibility index (Phi) is 8.98. The Morgan fingerprint density at radius 2 is 1.70 bits per heavy atom. The summed E-state index contributed by atoms with van der Waals surface area (Å²) < 4.78 is 21.1. The average Bonchev–Trinajstić information content (AvgIpc) is 2.78. The van der Waals surface area contributed by atoms with Crippen molar-refractivity contribution in [1.82, 2.24) is 0 Å². The van der Waals surface area contributed by atoms with E-state index in [9.17, 15) is 25.1 Å². The van der Waals surface area contributed by atoms with E-state index < -0.39 is 16.6 Å². The van der Waals surface area contributed by atoms with Crippen LogP contribution >= 0.6 is 11.6 Å². The zero-order valence-corrected chi connectivity index (χ0v) is 19.5. The molecular weight excluding hydrogens is 458 g/mol. The van der Waals surface area contributed by atoms with Crippen molar-refractivity contribution in [1.29, 1.82) is 0 Å². The fourth-order valence-electron chi connectivity index (χ4n) is 3.45. The molecular formula is C22H26ClNO9. The van der Waals surface area contributed by atoms with Crippen molar-refractivity contribution < 1.29 is 38.9 Å². The molecule has 0 aromatic heterocycles. The van der Waals surface area contributed by atoms with Crippen LogP contribution in [0.1, 0.15) is 41.3 Å². The van der Waals surface area contributed by atoms with Gasteiger partial charge in [-0.3, -0.25) is 10.1 Å². The standard InChI is InChI=1S/C22H26ClNO9/c1-5-6-7-12-18(15(25)11-16(26)19(12)23)22(27)33-9-8-13-20(31-3)14(24(28)29)10-17(30-2)21(13)32-4/h10-11,25-26H,5-9H2,1-4H3. The number of halogens is 1. The molecule has 0 aliphatic heterocycles. The van der Waals surface area contributed by atoms with Crippen molar-refractivity contribution in [2.75, 3.05) is 27.9 Å². The minimum atomic E-state index is -0.851. The summed E-state index contributed by atoms with van der Waals surface area (Å²) in [6, 6.07) is 2.16.